The molecule has 3 rings (SSSR count). The molecule has 1 aromatic carbocycles. The molecule has 24 heavy (non-hydrogen) atoms. The molecule has 5 nitrogen and oxygen atoms in total. The molecule has 2 heterocycles. The number of amides is 2. The third kappa shape index (κ3) is 3.28. The van der Waals surface area contributed by atoms with Crippen molar-refractivity contribution in [2.24, 2.45) is 5.92 Å². The van der Waals surface area contributed by atoms with Crippen molar-refractivity contribution in [2.75, 3.05) is 18.4 Å². The number of rotatable bonds is 4. The number of hydrogen-bond donors (Lipinski definition) is 1. The summed E-state index contributed by atoms with van der Waals surface area (Å²) in [7, 11) is 0. The summed E-state index contributed by atoms with van der Waals surface area (Å²) in [6, 6.07) is 3.13. The minimum atomic E-state index is -0.584. The average Bonchev–Trinajstić information content (AvgIpc) is 3.16. The van der Waals surface area contributed by atoms with Crippen molar-refractivity contribution in [2.45, 2.75) is 13.3 Å². The van der Waals surface area contributed by atoms with Gasteiger partial charge in [-0.05, 0) is 25.1 Å². The molecule has 0 spiro atoms. The number of aromatic nitrogens is 1. The maximum atomic E-state index is 13.8. The zero-order chi connectivity index (χ0) is 17.3. The van der Waals surface area contributed by atoms with Crippen molar-refractivity contribution >= 4 is 28.3 Å². The number of nitrogens with zero attached hydrogens (tertiary/aromatic N) is 2. The predicted octanol–water partition coefficient (Wildman–Crippen LogP) is 2.90. The van der Waals surface area contributed by atoms with Crippen LogP contribution in [0.15, 0.2) is 23.6 Å². The number of nitrogens with one attached hydrogen (secondary N) is 1. The first-order valence-corrected chi connectivity index (χ1v) is 8.35. The van der Waals surface area contributed by atoms with Gasteiger partial charge in [-0.15, -0.1) is 11.3 Å². The fraction of sp³-hybridized carbons (Fsp3) is 0.312. The van der Waals surface area contributed by atoms with Gasteiger partial charge in [0.15, 0.2) is 5.13 Å². The van der Waals surface area contributed by atoms with Crippen LogP contribution in [0.2, 0.25) is 0 Å². The molecule has 1 saturated heterocycles. The zero-order valence-electron chi connectivity index (χ0n) is 12.9. The van der Waals surface area contributed by atoms with Gasteiger partial charge >= 0.3 is 0 Å². The molecule has 2 amide bonds. The predicted molar refractivity (Wildman–Crippen MR) is 86.5 cm³/mol. The first kappa shape index (κ1) is 16.5. The molecule has 0 saturated carbocycles. The summed E-state index contributed by atoms with van der Waals surface area (Å²) in [4.78, 5) is 29.7. The van der Waals surface area contributed by atoms with E-state index in [9.17, 15) is 18.4 Å². The van der Waals surface area contributed by atoms with Crippen molar-refractivity contribution < 1.29 is 18.4 Å². The Balaban J connectivity index is 1.71. The molecule has 8 heteroatoms. The molecule has 1 atom stereocenters. The number of likely N-dealkylation sites (tertiary alicyclic amines) is 1. The number of carbonyl (C=O) groups is 2. The van der Waals surface area contributed by atoms with Crippen LogP contribution in [-0.2, 0) is 9.59 Å². The summed E-state index contributed by atoms with van der Waals surface area (Å²) < 4.78 is 27.0. The van der Waals surface area contributed by atoms with Crippen LogP contribution in [0, 0.1) is 17.6 Å². The Hall–Kier alpha value is -2.35. The quantitative estimate of drug-likeness (QED) is 0.921. The SMILES string of the molecule is CCN1CC(C(=O)Nc2nc(-c3cc(F)ccc3F)cs2)CC1=O. The molecule has 1 unspecified atom stereocenters. The Labute approximate surface area is 141 Å². The topological polar surface area (TPSA) is 62.3 Å². The van der Waals surface area contributed by atoms with Crippen LogP contribution >= 0.6 is 11.3 Å². The highest BCUT2D eigenvalue weighted by Crippen LogP contribution is 2.28. The largest absolute Gasteiger partial charge is 0.342 e. The zero-order valence-corrected chi connectivity index (χ0v) is 13.7. The van der Waals surface area contributed by atoms with Gasteiger partial charge in [0.05, 0.1) is 11.6 Å². The van der Waals surface area contributed by atoms with Gasteiger partial charge in [0, 0.05) is 30.5 Å². The van der Waals surface area contributed by atoms with Crippen LogP contribution in [0.1, 0.15) is 13.3 Å². The summed E-state index contributed by atoms with van der Waals surface area (Å²) in [5, 5.41) is 4.49. The minimum absolute atomic E-state index is 0.0416. The lowest BCUT2D eigenvalue weighted by molar-refractivity contribution is -0.128. The van der Waals surface area contributed by atoms with Crippen LogP contribution in [0.3, 0.4) is 0 Å². The maximum absolute atomic E-state index is 13.8. The van der Waals surface area contributed by atoms with Crippen molar-refractivity contribution in [3.63, 3.8) is 0 Å². The van der Waals surface area contributed by atoms with E-state index in [1.807, 2.05) is 6.92 Å². The van der Waals surface area contributed by atoms with Gasteiger partial charge in [0.1, 0.15) is 11.6 Å². The molecule has 1 aliphatic heterocycles. The Morgan fingerprint density at radius 3 is 2.96 bits per heavy atom. The molecular formula is C16H15F2N3O2S. The average molecular weight is 351 g/mol. The molecule has 0 radical (unpaired) electrons. The normalized spacial score (nSPS) is 17.4. The van der Waals surface area contributed by atoms with Gasteiger partial charge < -0.3 is 10.2 Å². The van der Waals surface area contributed by atoms with E-state index in [0.717, 1.165) is 29.5 Å². The molecule has 1 aromatic heterocycles. The van der Waals surface area contributed by atoms with Gasteiger partial charge in [0.2, 0.25) is 11.8 Å². The third-order valence-electron chi connectivity index (χ3n) is 3.91. The minimum Gasteiger partial charge on any atom is -0.342 e. The van der Waals surface area contributed by atoms with E-state index < -0.39 is 17.6 Å². The van der Waals surface area contributed by atoms with E-state index in [1.165, 1.54) is 0 Å². The van der Waals surface area contributed by atoms with Gasteiger partial charge in [-0.2, -0.15) is 0 Å². The number of halogens is 2. The highest BCUT2D eigenvalue weighted by Gasteiger charge is 2.33. The highest BCUT2D eigenvalue weighted by molar-refractivity contribution is 7.14. The Bertz CT molecular complexity index is 793. The summed E-state index contributed by atoms with van der Waals surface area (Å²) >= 11 is 1.12. The Kier molecular flexibility index (Phi) is 4.57. The molecular weight excluding hydrogens is 336 g/mol. The van der Waals surface area contributed by atoms with Crippen LogP contribution < -0.4 is 5.32 Å². The van der Waals surface area contributed by atoms with E-state index in [1.54, 1.807) is 10.3 Å². The number of carbonyl (C=O) groups excluding carboxylic acids is 2. The second-order valence-corrected chi connectivity index (χ2v) is 6.34. The smallest absolute Gasteiger partial charge is 0.231 e. The standard InChI is InChI=1S/C16H15F2N3O2S/c1-2-21-7-9(5-14(21)22)15(23)20-16-19-13(8-24-16)11-6-10(17)3-4-12(11)18/h3-4,6,8-9H,2,5,7H2,1H3,(H,19,20,23). The summed E-state index contributed by atoms with van der Waals surface area (Å²) in [6.45, 7) is 2.82. The van der Waals surface area contributed by atoms with Crippen LogP contribution in [0.4, 0.5) is 13.9 Å². The van der Waals surface area contributed by atoms with Crippen molar-refractivity contribution in [3.05, 3.63) is 35.2 Å². The summed E-state index contributed by atoms with van der Waals surface area (Å²) in [5.41, 5.74) is 0.296. The summed E-state index contributed by atoms with van der Waals surface area (Å²) in [5.74, 6) is -1.90. The number of thiazole rings is 1. The Morgan fingerprint density at radius 1 is 1.46 bits per heavy atom. The lowest BCUT2D eigenvalue weighted by Gasteiger charge is -2.12. The summed E-state index contributed by atoms with van der Waals surface area (Å²) in [6.07, 6.45) is 0.177. The van der Waals surface area contributed by atoms with Crippen molar-refractivity contribution in [3.8, 4) is 11.3 Å². The number of anilines is 1. The van der Waals surface area contributed by atoms with Crippen LogP contribution in [0.5, 0.6) is 0 Å². The Morgan fingerprint density at radius 2 is 2.25 bits per heavy atom. The third-order valence-corrected chi connectivity index (χ3v) is 4.66. The maximum Gasteiger partial charge on any atom is 0.231 e. The molecule has 1 N–H and O–H groups in total. The fourth-order valence-electron chi connectivity index (χ4n) is 2.61. The van der Waals surface area contributed by atoms with Gasteiger partial charge in [-0.1, -0.05) is 0 Å². The number of hydrogen-bond acceptors (Lipinski definition) is 4. The van der Waals surface area contributed by atoms with Gasteiger partial charge in [0.25, 0.3) is 0 Å². The van der Waals surface area contributed by atoms with Crippen molar-refractivity contribution in [1.82, 2.24) is 9.88 Å². The molecule has 1 fully saturated rings. The lowest BCUT2D eigenvalue weighted by Crippen LogP contribution is -2.28. The lowest BCUT2D eigenvalue weighted by atomic mass is 10.1. The first-order chi connectivity index (χ1) is 11.5. The first-order valence-electron chi connectivity index (χ1n) is 7.47. The molecule has 0 bridgehead atoms. The van der Waals surface area contributed by atoms with E-state index >= 15 is 0 Å². The van der Waals surface area contributed by atoms with E-state index in [4.69, 9.17) is 0 Å². The second kappa shape index (κ2) is 6.64. The van der Waals surface area contributed by atoms with Gasteiger partial charge in [-0.25, -0.2) is 13.8 Å². The molecule has 0 aliphatic carbocycles. The van der Waals surface area contributed by atoms with E-state index in [0.29, 0.717) is 18.2 Å². The number of benzene rings is 1. The molecule has 2 aromatic rings. The monoisotopic (exact) mass is 351 g/mol. The second-order valence-electron chi connectivity index (χ2n) is 5.48. The molecule has 1 aliphatic rings. The van der Waals surface area contributed by atoms with Crippen LogP contribution in [-0.4, -0.2) is 34.8 Å². The van der Waals surface area contributed by atoms with E-state index in [-0.39, 0.29) is 29.5 Å². The van der Waals surface area contributed by atoms with E-state index in [2.05, 4.69) is 10.3 Å². The van der Waals surface area contributed by atoms with Gasteiger partial charge in [-0.3, -0.25) is 9.59 Å². The van der Waals surface area contributed by atoms with Crippen molar-refractivity contribution in [1.29, 1.82) is 0 Å². The fourth-order valence-corrected chi connectivity index (χ4v) is 3.32. The highest BCUT2D eigenvalue weighted by atomic mass is 32.1. The van der Waals surface area contributed by atoms with Crippen LogP contribution in [0.25, 0.3) is 11.3 Å². The molecule has 126 valence electrons.